The van der Waals surface area contributed by atoms with Gasteiger partial charge in [-0.05, 0) is 36.8 Å². The van der Waals surface area contributed by atoms with Crippen LogP contribution in [-0.2, 0) is 0 Å². The number of ether oxygens (including phenoxy) is 1. The third-order valence-corrected chi connectivity index (χ3v) is 3.72. The van der Waals surface area contributed by atoms with E-state index in [-0.39, 0.29) is 0 Å². The smallest absolute Gasteiger partial charge is 0.132 e. The van der Waals surface area contributed by atoms with Crippen molar-refractivity contribution in [1.82, 2.24) is 0 Å². The van der Waals surface area contributed by atoms with E-state index in [2.05, 4.69) is 6.92 Å². The number of anilines is 1. The van der Waals surface area contributed by atoms with Crippen molar-refractivity contribution in [3.63, 3.8) is 0 Å². The molecule has 3 heteroatoms. The van der Waals surface area contributed by atoms with Gasteiger partial charge in [0.15, 0.2) is 0 Å². The van der Waals surface area contributed by atoms with Crippen LogP contribution in [0.3, 0.4) is 0 Å². The molecule has 17 heavy (non-hydrogen) atoms. The quantitative estimate of drug-likeness (QED) is 0.837. The standard InChI is InChI=1S/C14H15NOS/c1-10-7-8-11(15)9-14(10)17-13-6-4-3-5-12(13)16-2/h3-9H,15H2,1-2H3. The summed E-state index contributed by atoms with van der Waals surface area (Å²) in [4.78, 5) is 2.26. The second kappa shape index (κ2) is 5.15. The Labute approximate surface area is 106 Å². The highest BCUT2D eigenvalue weighted by Crippen LogP contribution is 2.36. The first kappa shape index (κ1) is 11.9. The molecule has 2 aromatic carbocycles. The largest absolute Gasteiger partial charge is 0.496 e. The number of nitrogens with two attached hydrogens (primary N) is 1. The second-order valence-electron chi connectivity index (χ2n) is 3.78. The summed E-state index contributed by atoms with van der Waals surface area (Å²) in [6, 6.07) is 13.9. The number of nitrogen functional groups attached to an aromatic ring is 1. The zero-order valence-corrected chi connectivity index (χ0v) is 10.8. The van der Waals surface area contributed by atoms with Crippen molar-refractivity contribution in [2.75, 3.05) is 12.8 Å². The van der Waals surface area contributed by atoms with Crippen molar-refractivity contribution in [1.29, 1.82) is 0 Å². The first-order chi connectivity index (χ1) is 8.20. The van der Waals surface area contributed by atoms with E-state index in [0.717, 1.165) is 21.2 Å². The van der Waals surface area contributed by atoms with Crippen LogP contribution in [-0.4, -0.2) is 7.11 Å². The lowest BCUT2D eigenvalue weighted by atomic mass is 10.2. The van der Waals surface area contributed by atoms with Gasteiger partial charge in [0.1, 0.15) is 5.75 Å². The molecule has 88 valence electrons. The van der Waals surface area contributed by atoms with Gasteiger partial charge in [-0.2, -0.15) is 0 Å². The molecule has 2 N–H and O–H groups in total. The van der Waals surface area contributed by atoms with Gasteiger partial charge in [0.25, 0.3) is 0 Å². The summed E-state index contributed by atoms with van der Waals surface area (Å²) in [5, 5.41) is 0. The number of hydrogen-bond donors (Lipinski definition) is 1. The predicted molar refractivity (Wildman–Crippen MR) is 72.7 cm³/mol. The highest BCUT2D eigenvalue weighted by atomic mass is 32.2. The Balaban J connectivity index is 2.34. The lowest BCUT2D eigenvalue weighted by Crippen LogP contribution is -1.89. The number of rotatable bonds is 3. The average molecular weight is 245 g/mol. The van der Waals surface area contributed by atoms with Crippen LogP contribution in [0.15, 0.2) is 52.3 Å². The first-order valence-corrected chi connectivity index (χ1v) is 6.19. The molecular formula is C14H15NOS. The van der Waals surface area contributed by atoms with Gasteiger partial charge in [-0.25, -0.2) is 0 Å². The van der Waals surface area contributed by atoms with E-state index in [0.29, 0.717) is 0 Å². The highest BCUT2D eigenvalue weighted by molar-refractivity contribution is 7.99. The third kappa shape index (κ3) is 2.74. The van der Waals surface area contributed by atoms with Gasteiger partial charge in [-0.1, -0.05) is 30.0 Å². The number of hydrogen-bond acceptors (Lipinski definition) is 3. The Morgan fingerprint density at radius 1 is 1.06 bits per heavy atom. The average Bonchev–Trinajstić information content (AvgIpc) is 2.34. The summed E-state index contributed by atoms with van der Waals surface area (Å²) >= 11 is 1.67. The first-order valence-electron chi connectivity index (χ1n) is 5.37. The Morgan fingerprint density at radius 3 is 2.59 bits per heavy atom. The summed E-state index contributed by atoms with van der Waals surface area (Å²) < 4.78 is 5.34. The van der Waals surface area contributed by atoms with E-state index in [1.54, 1.807) is 18.9 Å². The van der Waals surface area contributed by atoms with Crippen molar-refractivity contribution in [2.45, 2.75) is 16.7 Å². The maximum absolute atomic E-state index is 5.81. The predicted octanol–water partition coefficient (Wildman–Crippen LogP) is 3.74. The summed E-state index contributed by atoms with van der Waals surface area (Å²) in [7, 11) is 1.69. The van der Waals surface area contributed by atoms with Crippen LogP contribution >= 0.6 is 11.8 Å². The molecule has 0 radical (unpaired) electrons. The fourth-order valence-corrected chi connectivity index (χ4v) is 2.61. The molecule has 2 nitrogen and oxygen atoms in total. The van der Waals surface area contributed by atoms with Crippen LogP contribution < -0.4 is 10.5 Å². The second-order valence-corrected chi connectivity index (χ2v) is 4.86. The molecular weight excluding hydrogens is 230 g/mol. The Kier molecular flexibility index (Phi) is 3.59. The van der Waals surface area contributed by atoms with Gasteiger partial charge >= 0.3 is 0 Å². The molecule has 0 amide bonds. The van der Waals surface area contributed by atoms with Gasteiger partial charge in [0.2, 0.25) is 0 Å². The normalized spacial score (nSPS) is 10.2. The fourth-order valence-electron chi connectivity index (χ4n) is 1.55. The minimum atomic E-state index is 0.785. The van der Waals surface area contributed by atoms with Gasteiger partial charge in [0, 0.05) is 10.6 Å². The molecule has 0 aliphatic carbocycles. The summed E-state index contributed by atoms with van der Waals surface area (Å²) in [5.74, 6) is 0.888. The summed E-state index contributed by atoms with van der Waals surface area (Å²) in [6.07, 6.45) is 0. The zero-order valence-electron chi connectivity index (χ0n) is 9.94. The molecule has 0 heterocycles. The molecule has 0 saturated heterocycles. The molecule has 2 aromatic rings. The van der Waals surface area contributed by atoms with Crippen LogP contribution in [0.1, 0.15) is 5.56 Å². The maximum Gasteiger partial charge on any atom is 0.132 e. The molecule has 0 atom stereocenters. The number of methoxy groups -OCH3 is 1. The van der Waals surface area contributed by atoms with Crippen molar-refractivity contribution in [3.05, 3.63) is 48.0 Å². The number of aryl methyl sites for hydroxylation is 1. The van der Waals surface area contributed by atoms with E-state index in [1.807, 2.05) is 42.5 Å². The minimum Gasteiger partial charge on any atom is -0.496 e. The van der Waals surface area contributed by atoms with E-state index < -0.39 is 0 Å². The van der Waals surface area contributed by atoms with Crippen LogP contribution in [0.4, 0.5) is 5.69 Å². The Bertz CT molecular complexity index is 525. The molecule has 0 spiro atoms. The Hall–Kier alpha value is -1.61. The summed E-state index contributed by atoms with van der Waals surface area (Å²) in [5.41, 5.74) is 7.81. The van der Waals surface area contributed by atoms with Gasteiger partial charge in [-0.15, -0.1) is 0 Å². The molecule has 0 aliphatic heterocycles. The van der Waals surface area contributed by atoms with Gasteiger partial charge < -0.3 is 10.5 Å². The summed E-state index contributed by atoms with van der Waals surface area (Å²) in [6.45, 7) is 2.08. The van der Waals surface area contributed by atoms with Gasteiger partial charge in [-0.3, -0.25) is 0 Å². The molecule has 0 aromatic heterocycles. The van der Waals surface area contributed by atoms with E-state index >= 15 is 0 Å². The van der Waals surface area contributed by atoms with Crippen molar-refractivity contribution >= 4 is 17.4 Å². The van der Waals surface area contributed by atoms with E-state index in [1.165, 1.54) is 5.56 Å². The van der Waals surface area contributed by atoms with Crippen molar-refractivity contribution in [3.8, 4) is 5.75 Å². The van der Waals surface area contributed by atoms with Crippen LogP contribution in [0.25, 0.3) is 0 Å². The van der Waals surface area contributed by atoms with E-state index in [4.69, 9.17) is 10.5 Å². The van der Waals surface area contributed by atoms with Gasteiger partial charge in [0.05, 0.1) is 12.0 Å². The minimum absolute atomic E-state index is 0.785. The molecule has 0 bridgehead atoms. The van der Waals surface area contributed by atoms with Crippen LogP contribution in [0, 0.1) is 6.92 Å². The Morgan fingerprint density at radius 2 is 1.82 bits per heavy atom. The molecule has 0 unspecified atom stereocenters. The van der Waals surface area contributed by atoms with Crippen LogP contribution in [0.5, 0.6) is 5.75 Å². The topological polar surface area (TPSA) is 35.2 Å². The lowest BCUT2D eigenvalue weighted by molar-refractivity contribution is 0.405. The molecule has 0 fully saturated rings. The van der Waals surface area contributed by atoms with Crippen LogP contribution in [0.2, 0.25) is 0 Å². The SMILES string of the molecule is COc1ccccc1Sc1cc(N)ccc1C. The zero-order chi connectivity index (χ0) is 12.3. The highest BCUT2D eigenvalue weighted by Gasteiger charge is 2.06. The van der Waals surface area contributed by atoms with E-state index in [9.17, 15) is 0 Å². The molecule has 0 saturated carbocycles. The van der Waals surface area contributed by atoms with Crippen molar-refractivity contribution < 1.29 is 4.74 Å². The van der Waals surface area contributed by atoms with Crippen molar-refractivity contribution in [2.24, 2.45) is 0 Å². The number of benzene rings is 2. The lowest BCUT2D eigenvalue weighted by Gasteiger charge is -2.10. The monoisotopic (exact) mass is 245 g/mol. The third-order valence-electron chi connectivity index (χ3n) is 2.50. The molecule has 0 aliphatic rings. The maximum atomic E-state index is 5.81. The fraction of sp³-hybridized carbons (Fsp3) is 0.143. The molecule has 2 rings (SSSR count). The number of para-hydroxylation sites is 1.